The van der Waals surface area contributed by atoms with Gasteiger partial charge in [-0.15, -0.1) is 0 Å². The van der Waals surface area contributed by atoms with Crippen LogP contribution in [0.2, 0.25) is 0 Å². The summed E-state index contributed by atoms with van der Waals surface area (Å²) in [7, 11) is 0. The zero-order chi connectivity index (χ0) is 10.1. The lowest BCUT2D eigenvalue weighted by Crippen LogP contribution is -2.15. The minimum absolute atomic E-state index is 0.0807. The van der Waals surface area contributed by atoms with Crippen molar-refractivity contribution in [1.82, 2.24) is 14.6 Å². The molecule has 0 spiro atoms. The Bertz CT molecular complexity index is 514. The van der Waals surface area contributed by atoms with Crippen LogP contribution in [0.4, 0.5) is 0 Å². The van der Waals surface area contributed by atoms with Crippen LogP contribution in [0.1, 0.15) is 24.0 Å². The largest absolute Gasteiger partial charge is 0.275 e. The van der Waals surface area contributed by atoms with Crippen molar-refractivity contribution in [3.63, 3.8) is 0 Å². The second-order valence-corrected chi connectivity index (χ2v) is 4.31. The van der Waals surface area contributed by atoms with E-state index in [4.69, 9.17) is 0 Å². The molecule has 0 N–H and O–H groups in total. The summed E-state index contributed by atoms with van der Waals surface area (Å²) in [6, 6.07) is 1.57. The maximum Gasteiger partial charge on any atom is 0.275 e. The minimum Gasteiger partial charge on any atom is -0.267 e. The molecule has 0 atom stereocenters. The normalized spacial score (nSPS) is 11.0. The molecule has 2 aromatic heterocycles. The molecule has 5 heteroatoms. The molecule has 0 saturated carbocycles. The van der Waals surface area contributed by atoms with E-state index in [0.717, 1.165) is 23.5 Å². The Morgan fingerprint density at radius 3 is 3.07 bits per heavy atom. The second-order valence-electron chi connectivity index (χ2n) is 3.15. The highest BCUT2D eigenvalue weighted by molar-refractivity contribution is 7.16. The van der Waals surface area contributed by atoms with Crippen LogP contribution >= 0.6 is 11.3 Å². The number of nitrogens with zero attached hydrogens (tertiary/aromatic N) is 3. The number of aromatic nitrogens is 3. The Hall–Kier alpha value is -1.23. The minimum atomic E-state index is -0.0807. The standard InChI is InChI=1S/C9H11N3OS/c1-3-4-7-5-8(13)12-9(10-7)14-6(2)11-12/h5H,3-4H2,1-2H3. The highest BCUT2D eigenvalue weighted by Crippen LogP contribution is 2.10. The third-order valence-corrected chi connectivity index (χ3v) is 2.73. The molecule has 0 radical (unpaired) electrons. The van der Waals surface area contributed by atoms with Crippen molar-refractivity contribution in [1.29, 1.82) is 0 Å². The van der Waals surface area contributed by atoms with Gasteiger partial charge in [0.1, 0.15) is 5.01 Å². The molecule has 74 valence electrons. The maximum atomic E-state index is 11.6. The Kier molecular flexibility index (Phi) is 2.33. The number of fused-ring (bicyclic) bond motifs is 1. The van der Waals surface area contributed by atoms with Crippen molar-refractivity contribution < 1.29 is 0 Å². The third kappa shape index (κ3) is 1.55. The van der Waals surface area contributed by atoms with E-state index in [-0.39, 0.29) is 5.56 Å². The quantitative estimate of drug-likeness (QED) is 0.751. The van der Waals surface area contributed by atoms with E-state index >= 15 is 0 Å². The highest BCUT2D eigenvalue weighted by atomic mass is 32.1. The van der Waals surface area contributed by atoms with E-state index < -0.39 is 0 Å². The molecule has 4 nitrogen and oxygen atoms in total. The van der Waals surface area contributed by atoms with Gasteiger partial charge in [-0.05, 0) is 13.3 Å². The summed E-state index contributed by atoms with van der Waals surface area (Å²) in [6.45, 7) is 3.94. The fourth-order valence-corrected chi connectivity index (χ4v) is 2.10. The first-order valence-electron chi connectivity index (χ1n) is 4.57. The molecule has 0 aliphatic rings. The lowest BCUT2D eigenvalue weighted by molar-refractivity contribution is 0.833. The van der Waals surface area contributed by atoms with Crippen molar-refractivity contribution >= 4 is 16.3 Å². The van der Waals surface area contributed by atoms with Gasteiger partial charge in [0, 0.05) is 11.8 Å². The van der Waals surface area contributed by atoms with Crippen LogP contribution in [0, 0.1) is 6.92 Å². The number of aryl methyl sites for hydroxylation is 2. The molecule has 2 heterocycles. The van der Waals surface area contributed by atoms with Crippen LogP contribution in [0.25, 0.3) is 4.96 Å². The van der Waals surface area contributed by atoms with Gasteiger partial charge in [-0.3, -0.25) is 4.79 Å². The molecule has 0 fully saturated rings. The van der Waals surface area contributed by atoms with Gasteiger partial charge in [-0.25, -0.2) is 4.98 Å². The number of rotatable bonds is 2. The predicted octanol–water partition coefficient (Wildman–Crippen LogP) is 1.41. The van der Waals surface area contributed by atoms with Gasteiger partial charge in [-0.2, -0.15) is 9.61 Å². The first kappa shape index (κ1) is 9.33. The fraction of sp³-hybridized carbons (Fsp3) is 0.444. The van der Waals surface area contributed by atoms with E-state index in [1.807, 2.05) is 6.92 Å². The van der Waals surface area contributed by atoms with Gasteiger partial charge in [0.25, 0.3) is 5.56 Å². The molecule has 0 saturated heterocycles. The lowest BCUT2D eigenvalue weighted by Gasteiger charge is -1.95. The van der Waals surface area contributed by atoms with Gasteiger partial charge in [0.2, 0.25) is 4.96 Å². The van der Waals surface area contributed by atoms with Crippen LogP contribution in [0.5, 0.6) is 0 Å². The van der Waals surface area contributed by atoms with Gasteiger partial charge in [0.15, 0.2) is 0 Å². The van der Waals surface area contributed by atoms with Crippen molar-refractivity contribution in [2.75, 3.05) is 0 Å². The Morgan fingerprint density at radius 1 is 1.57 bits per heavy atom. The third-order valence-electron chi connectivity index (χ3n) is 1.91. The van der Waals surface area contributed by atoms with Gasteiger partial charge in [-0.1, -0.05) is 24.7 Å². The van der Waals surface area contributed by atoms with E-state index in [0.29, 0.717) is 4.96 Å². The van der Waals surface area contributed by atoms with Crippen LogP contribution in [-0.2, 0) is 6.42 Å². The molecule has 0 bridgehead atoms. The zero-order valence-electron chi connectivity index (χ0n) is 8.15. The van der Waals surface area contributed by atoms with Crippen LogP contribution in [0.15, 0.2) is 10.9 Å². The van der Waals surface area contributed by atoms with Crippen LogP contribution < -0.4 is 5.56 Å². The molecule has 0 aliphatic carbocycles. The van der Waals surface area contributed by atoms with Gasteiger partial charge < -0.3 is 0 Å². The summed E-state index contributed by atoms with van der Waals surface area (Å²) in [5, 5.41) is 4.94. The van der Waals surface area contributed by atoms with Crippen LogP contribution in [0.3, 0.4) is 0 Å². The highest BCUT2D eigenvalue weighted by Gasteiger charge is 2.05. The summed E-state index contributed by atoms with van der Waals surface area (Å²) in [6.07, 6.45) is 1.85. The Morgan fingerprint density at radius 2 is 2.36 bits per heavy atom. The monoisotopic (exact) mass is 209 g/mol. The lowest BCUT2D eigenvalue weighted by atomic mass is 10.2. The summed E-state index contributed by atoms with van der Waals surface area (Å²) in [5.41, 5.74) is 0.781. The molecular weight excluding hydrogens is 198 g/mol. The van der Waals surface area contributed by atoms with Crippen molar-refractivity contribution in [3.8, 4) is 0 Å². The van der Waals surface area contributed by atoms with Gasteiger partial charge >= 0.3 is 0 Å². The molecule has 2 rings (SSSR count). The topological polar surface area (TPSA) is 47.3 Å². The fourth-order valence-electron chi connectivity index (χ4n) is 1.34. The maximum absolute atomic E-state index is 11.6. The smallest absolute Gasteiger partial charge is 0.267 e. The van der Waals surface area contributed by atoms with E-state index in [1.54, 1.807) is 6.07 Å². The molecule has 0 aromatic carbocycles. The average molecular weight is 209 g/mol. The summed E-state index contributed by atoms with van der Waals surface area (Å²) in [4.78, 5) is 16.6. The van der Waals surface area contributed by atoms with Crippen LogP contribution in [-0.4, -0.2) is 14.6 Å². The van der Waals surface area contributed by atoms with E-state index in [9.17, 15) is 4.79 Å². The molecule has 0 amide bonds. The molecule has 0 unspecified atom stereocenters. The first-order chi connectivity index (χ1) is 6.70. The SMILES string of the molecule is CCCc1cc(=O)n2nc(C)sc2n1. The summed E-state index contributed by atoms with van der Waals surface area (Å²) >= 11 is 1.45. The zero-order valence-corrected chi connectivity index (χ0v) is 8.97. The number of hydrogen-bond donors (Lipinski definition) is 0. The van der Waals surface area contributed by atoms with E-state index in [2.05, 4.69) is 17.0 Å². The molecular formula is C9H11N3OS. The van der Waals surface area contributed by atoms with Crippen molar-refractivity contribution in [2.24, 2.45) is 0 Å². The van der Waals surface area contributed by atoms with Crippen molar-refractivity contribution in [3.05, 3.63) is 27.1 Å². The summed E-state index contributed by atoms with van der Waals surface area (Å²) in [5.74, 6) is 0. The first-order valence-corrected chi connectivity index (χ1v) is 5.38. The second kappa shape index (κ2) is 3.49. The van der Waals surface area contributed by atoms with Gasteiger partial charge in [0.05, 0.1) is 0 Å². The average Bonchev–Trinajstić information content (AvgIpc) is 2.47. The summed E-state index contributed by atoms with van der Waals surface area (Å²) < 4.78 is 1.36. The van der Waals surface area contributed by atoms with E-state index in [1.165, 1.54) is 15.9 Å². The Balaban J connectivity index is 2.65. The predicted molar refractivity (Wildman–Crippen MR) is 55.9 cm³/mol. The Labute approximate surface area is 85.2 Å². The number of hydrogen-bond acceptors (Lipinski definition) is 4. The molecule has 14 heavy (non-hydrogen) atoms. The molecule has 2 aromatic rings. The molecule has 0 aliphatic heterocycles. The van der Waals surface area contributed by atoms with Crippen molar-refractivity contribution in [2.45, 2.75) is 26.7 Å².